The molecule has 5 heteroatoms. The molecule has 1 aromatic rings. The van der Waals surface area contributed by atoms with Crippen LogP contribution in [0, 0.1) is 18.8 Å². The quantitative estimate of drug-likeness (QED) is 0.813. The van der Waals surface area contributed by atoms with Crippen molar-refractivity contribution in [3.63, 3.8) is 0 Å². The predicted octanol–water partition coefficient (Wildman–Crippen LogP) is 2.14. The summed E-state index contributed by atoms with van der Waals surface area (Å²) in [5.74, 6) is 1.25. The van der Waals surface area contributed by atoms with E-state index in [1.165, 1.54) is 0 Å². The monoisotopic (exact) mass is 330 g/mol. The van der Waals surface area contributed by atoms with Gasteiger partial charge < -0.3 is 15.0 Å². The lowest BCUT2D eigenvalue weighted by Crippen LogP contribution is -2.46. The highest BCUT2D eigenvalue weighted by molar-refractivity contribution is 5.83. The number of benzene rings is 1. The molecule has 1 aliphatic heterocycles. The maximum Gasteiger partial charge on any atom is 0.225 e. The zero-order valence-electron chi connectivity index (χ0n) is 14.3. The molecule has 3 rings (SSSR count). The van der Waals surface area contributed by atoms with Crippen LogP contribution in [0.2, 0.25) is 0 Å². The number of nitrogens with one attached hydrogen (secondary N) is 1. The first kappa shape index (κ1) is 16.8. The Bertz CT molecular complexity index is 598. The van der Waals surface area contributed by atoms with Gasteiger partial charge in [-0.25, -0.2) is 0 Å². The third kappa shape index (κ3) is 4.49. The van der Waals surface area contributed by atoms with Gasteiger partial charge in [0, 0.05) is 19.0 Å². The molecule has 5 nitrogen and oxygen atoms in total. The fourth-order valence-corrected chi connectivity index (χ4v) is 3.17. The van der Waals surface area contributed by atoms with Gasteiger partial charge in [0.05, 0.1) is 12.5 Å². The summed E-state index contributed by atoms with van der Waals surface area (Å²) in [6.07, 6.45) is 3.81. The molecule has 130 valence electrons. The van der Waals surface area contributed by atoms with Gasteiger partial charge in [-0.2, -0.15) is 0 Å². The van der Waals surface area contributed by atoms with Crippen molar-refractivity contribution in [2.24, 2.45) is 11.8 Å². The Balaban J connectivity index is 1.39. The lowest BCUT2D eigenvalue weighted by molar-refractivity contribution is -0.136. The number of aryl methyl sites for hydroxylation is 1. The van der Waals surface area contributed by atoms with Crippen molar-refractivity contribution in [1.82, 2.24) is 10.2 Å². The molecule has 1 saturated carbocycles. The molecule has 1 unspecified atom stereocenters. The van der Waals surface area contributed by atoms with Crippen molar-refractivity contribution in [1.29, 1.82) is 0 Å². The number of hydrogen-bond donors (Lipinski definition) is 1. The van der Waals surface area contributed by atoms with Gasteiger partial charge in [0.25, 0.3) is 0 Å². The second-order valence-electron chi connectivity index (χ2n) is 6.85. The number of hydrogen-bond acceptors (Lipinski definition) is 3. The van der Waals surface area contributed by atoms with Gasteiger partial charge in [0.15, 0.2) is 0 Å². The van der Waals surface area contributed by atoms with Crippen molar-refractivity contribution >= 4 is 11.8 Å². The zero-order chi connectivity index (χ0) is 16.9. The molecule has 1 atom stereocenters. The van der Waals surface area contributed by atoms with Crippen LogP contribution in [0.25, 0.3) is 0 Å². The maximum absolute atomic E-state index is 12.3. The van der Waals surface area contributed by atoms with Crippen LogP contribution < -0.4 is 10.1 Å². The zero-order valence-corrected chi connectivity index (χ0v) is 14.3. The Morgan fingerprint density at radius 2 is 2.08 bits per heavy atom. The van der Waals surface area contributed by atoms with E-state index in [9.17, 15) is 9.59 Å². The number of rotatable bonds is 6. The van der Waals surface area contributed by atoms with E-state index in [0.29, 0.717) is 19.7 Å². The molecule has 0 spiro atoms. The fraction of sp³-hybridized carbons (Fsp3) is 0.579. The highest BCUT2D eigenvalue weighted by atomic mass is 16.5. The topological polar surface area (TPSA) is 58.6 Å². The van der Waals surface area contributed by atoms with E-state index < -0.39 is 0 Å². The molecule has 24 heavy (non-hydrogen) atoms. The van der Waals surface area contributed by atoms with Crippen LogP contribution in [-0.2, 0) is 9.59 Å². The van der Waals surface area contributed by atoms with Crippen molar-refractivity contribution in [3.05, 3.63) is 29.8 Å². The van der Waals surface area contributed by atoms with Gasteiger partial charge in [0.2, 0.25) is 11.8 Å². The summed E-state index contributed by atoms with van der Waals surface area (Å²) < 4.78 is 5.64. The van der Waals surface area contributed by atoms with Gasteiger partial charge in [-0.3, -0.25) is 9.59 Å². The molecule has 1 aromatic carbocycles. The van der Waals surface area contributed by atoms with E-state index in [1.54, 1.807) is 0 Å². The maximum atomic E-state index is 12.3. The number of amides is 2. The van der Waals surface area contributed by atoms with Crippen LogP contribution in [0.4, 0.5) is 0 Å². The molecular weight excluding hydrogens is 304 g/mol. The van der Waals surface area contributed by atoms with E-state index in [2.05, 4.69) is 5.32 Å². The summed E-state index contributed by atoms with van der Waals surface area (Å²) in [5, 5.41) is 2.94. The average Bonchev–Trinajstić information content (AvgIpc) is 3.43. The summed E-state index contributed by atoms with van der Waals surface area (Å²) >= 11 is 0. The second kappa shape index (κ2) is 7.69. The number of carbonyl (C=O) groups excluding carboxylic acids is 2. The first-order valence-corrected chi connectivity index (χ1v) is 8.89. The average molecular weight is 330 g/mol. The molecular formula is C19H26N2O3. The summed E-state index contributed by atoms with van der Waals surface area (Å²) in [5.41, 5.74) is 1.15. The minimum Gasteiger partial charge on any atom is -0.492 e. The molecule has 1 aliphatic carbocycles. The number of ether oxygens (including phenoxy) is 1. The van der Waals surface area contributed by atoms with Crippen molar-refractivity contribution < 1.29 is 14.3 Å². The predicted molar refractivity (Wildman–Crippen MR) is 91.7 cm³/mol. The number of piperidine rings is 1. The highest BCUT2D eigenvalue weighted by Gasteiger charge is 2.36. The highest BCUT2D eigenvalue weighted by Crippen LogP contribution is 2.32. The minimum absolute atomic E-state index is 0.0381. The standard InChI is InChI=1S/C19H26N2O3/c1-14-4-2-6-17(12-14)24-11-9-20-18(22)16-5-3-10-21(13-16)19(23)15-7-8-15/h2,4,6,12,15-16H,3,5,7-11,13H2,1H3,(H,20,22). The smallest absolute Gasteiger partial charge is 0.225 e. The third-order valence-electron chi connectivity index (χ3n) is 4.69. The van der Waals surface area contributed by atoms with Crippen LogP contribution >= 0.6 is 0 Å². The third-order valence-corrected chi connectivity index (χ3v) is 4.69. The minimum atomic E-state index is -0.0829. The Hall–Kier alpha value is -2.04. The van der Waals surface area contributed by atoms with Crippen molar-refractivity contribution in [2.75, 3.05) is 26.2 Å². The van der Waals surface area contributed by atoms with E-state index in [4.69, 9.17) is 4.74 Å². The van der Waals surface area contributed by atoms with Gasteiger partial charge in [0.1, 0.15) is 12.4 Å². The summed E-state index contributed by atoms with van der Waals surface area (Å²) in [6, 6.07) is 7.87. The van der Waals surface area contributed by atoms with Gasteiger partial charge >= 0.3 is 0 Å². The van der Waals surface area contributed by atoms with Crippen LogP contribution in [0.5, 0.6) is 5.75 Å². The number of nitrogens with zero attached hydrogens (tertiary/aromatic N) is 1. The molecule has 2 fully saturated rings. The van der Waals surface area contributed by atoms with Crippen LogP contribution in [0.3, 0.4) is 0 Å². The Morgan fingerprint density at radius 3 is 2.83 bits per heavy atom. The molecule has 0 aromatic heterocycles. The first-order chi connectivity index (χ1) is 11.6. The first-order valence-electron chi connectivity index (χ1n) is 8.89. The molecule has 0 bridgehead atoms. The number of carbonyl (C=O) groups is 2. The largest absolute Gasteiger partial charge is 0.492 e. The van der Waals surface area contributed by atoms with Crippen LogP contribution in [0.1, 0.15) is 31.2 Å². The molecule has 2 aliphatic rings. The lowest BCUT2D eigenvalue weighted by atomic mass is 9.97. The van der Waals surface area contributed by atoms with Gasteiger partial charge in [-0.15, -0.1) is 0 Å². The molecule has 1 heterocycles. The summed E-state index contributed by atoms with van der Waals surface area (Å²) in [4.78, 5) is 26.3. The molecule has 0 radical (unpaired) electrons. The van der Waals surface area contributed by atoms with E-state index in [-0.39, 0.29) is 23.7 Å². The normalized spacial score (nSPS) is 20.5. The Kier molecular flexibility index (Phi) is 5.38. The van der Waals surface area contributed by atoms with Crippen molar-refractivity contribution in [3.8, 4) is 5.75 Å². The molecule has 1 saturated heterocycles. The fourth-order valence-electron chi connectivity index (χ4n) is 3.17. The molecule has 1 N–H and O–H groups in total. The second-order valence-corrected chi connectivity index (χ2v) is 6.85. The van der Waals surface area contributed by atoms with Crippen molar-refractivity contribution in [2.45, 2.75) is 32.6 Å². The Morgan fingerprint density at radius 1 is 1.25 bits per heavy atom. The Labute approximate surface area is 143 Å². The lowest BCUT2D eigenvalue weighted by Gasteiger charge is -2.32. The molecule has 2 amide bonds. The summed E-state index contributed by atoms with van der Waals surface area (Å²) in [7, 11) is 0. The van der Waals surface area contributed by atoms with E-state index >= 15 is 0 Å². The SMILES string of the molecule is Cc1cccc(OCCNC(=O)C2CCCN(C(=O)C3CC3)C2)c1. The van der Waals surface area contributed by atoms with Gasteiger partial charge in [-0.1, -0.05) is 12.1 Å². The van der Waals surface area contributed by atoms with E-state index in [1.807, 2.05) is 36.1 Å². The van der Waals surface area contributed by atoms with Gasteiger partial charge in [-0.05, 0) is 50.3 Å². The van der Waals surface area contributed by atoms with Crippen LogP contribution in [0.15, 0.2) is 24.3 Å². The number of likely N-dealkylation sites (tertiary alicyclic amines) is 1. The van der Waals surface area contributed by atoms with E-state index in [0.717, 1.165) is 43.5 Å². The summed E-state index contributed by atoms with van der Waals surface area (Å²) in [6.45, 7) is 4.33. The van der Waals surface area contributed by atoms with Crippen LogP contribution in [-0.4, -0.2) is 43.0 Å².